The van der Waals surface area contributed by atoms with E-state index in [1.54, 1.807) is 6.92 Å². The third kappa shape index (κ3) is 1.66. The lowest BCUT2D eigenvalue weighted by molar-refractivity contribution is -0.138. The van der Waals surface area contributed by atoms with E-state index in [1.165, 1.54) is 24.5 Å². The van der Waals surface area contributed by atoms with Crippen LogP contribution >= 0.6 is 0 Å². The minimum Gasteiger partial charge on any atom is -0.481 e. The number of carboxylic acid groups (broad SMARTS) is 1. The van der Waals surface area contributed by atoms with Gasteiger partial charge in [-0.05, 0) is 24.6 Å². The highest BCUT2D eigenvalue weighted by Gasteiger charge is 2.22. The molecule has 1 N–H and O–H groups in total. The van der Waals surface area contributed by atoms with Crippen LogP contribution in [0.2, 0.25) is 0 Å². The highest BCUT2D eigenvalue weighted by molar-refractivity contribution is 5.87. The lowest BCUT2D eigenvalue weighted by Crippen LogP contribution is -2.09. The summed E-state index contributed by atoms with van der Waals surface area (Å²) < 4.78 is 18.3. The molecule has 84 valence electrons. The van der Waals surface area contributed by atoms with Gasteiger partial charge in [0.15, 0.2) is 0 Å². The molecule has 1 aromatic carbocycles. The Morgan fingerprint density at radius 2 is 2.31 bits per heavy atom. The smallest absolute Gasteiger partial charge is 0.311 e. The fourth-order valence-electron chi connectivity index (χ4n) is 1.82. The molecule has 1 heterocycles. The van der Waals surface area contributed by atoms with Crippen LogP contribution in [0.5, 0.6) is 0 Å². The molecule has 0 amide bonds. The van der Waals surface area contributed by atoms with Crippen molar-refractivity contribution in [3.63, 3.8) is 0 Å². The average molecular weight is 222 g/mol. The molecule has 1 unspecified atom stereocenters. The molecule has 0 bridgehead atoms. The quantitative estimate of drug-likeness (QED) is 0.867. The van der Waals surface area contributed by atoms with Crippen LogP contribution < -0.4 is 0 Å². The Balaban J connectivity index is 2.59. The first-order valence-corrected chi connectivity index (χ1v) is 5.03. The average Bonchev–Trinajstić information content (AvgIpc) is 2.62. The number of aliphatic carboxylic acids is 1. The molecular formula is C12H11FO3. The largest absolute Gasteiger partial charge is 0.481 e. The van der Waals surface area contributed by atoms with Gasteiger partial charge in [0.2, 0.25) is 0 Å². The van der Waals surface area contributed by atoms with Gasteiger partial charge >= 0.3 is 5.97 Å². The van der Waals surface area contributed by atoms with Crippen LogP contribution in [-0.2, 0) is 4.79 Å². The lowest BCUT2D eigenvalue weighted by atomic mass is 9.96. The predicted molar refractivity (Wildman–Crippen MR) is 56.8 cm³/mol. The summed E-state index contributed by atoms with van der Waals surface area (Å²) in [6.07, 6.45) is 1.84. The van der Waals surface area contributed by atoms with Gasteiger partial charge in [-0.2, -0.15) is 0 Å². The van der Waals surface area contributed by atoms with Crippen molar-refractivity contribution in [2.24, 2.45) is 0 Å². The van der Waals surface area contributed by atoms with Crippen LogP contribution in [0.1, 0.15) is 24.8 Å². The molecule has 0 aliphatic heterocycles. The molecule has 0 fully saturated rings. The zero-order chi connectivity index (χ0) is 11.7. The monoisotopic (exact) mass is 222 g/mol. The number of furan rings is 1. The summed E-state index contributed by atoms with van der Waals surface area (Å²) in [5.41, 5.74) is 1.04. The van der Waals surface area contributed by atoms with E-state index in [0.29, 0.717) is 23.0 Å². The molecule has 0 aliphatic carbocycles. The standard InChI is InChI=1S/C12H11FO3/c1-2-8(12(14)15)10-6-16-11-4-3-7(13)5-9(10)11/h3-6,8H,2H2,1H3,(H,14,15). The molecule has 2 aromatic rings. The van der Waals surface area contributed by atoms with Crippen LogP contribution in [-0.4, -0.2) is 11.1 Å². The Kier molecular flexibility index (Phi) is 2.64. The van der Waals surface area contributed by atoms with E-state index in [0.717, 1.165) is 0 Å². The van der Waals surface area contributed by atoms with Crippen molar-refractivity contribution in [2.45, 2.75) is 19.3 Å². The second kappa shape index (κ2) is 3.96. The van der Waals surface area contributed by atoms with Gasteiger partial charge in [0.05, 0.1) is 12.2 Å². The Morgan fingerprint density at radius 1 is 1.56 bits per heavy atom. The maximum absolute atomic E-state index is 13.1. The second-order valence-corrected chi connectivity index (χ2v) is 3.63. The summed E-state index contributed by atoms with van der Waals surface area (Å²) in [5.74, 6) is -1.96. The van der Waals surface area contributed by atoms with Gasteiger partial charge < -0.3 is 9.52 Å². The number of hydrogen-bond donors (Lipinski definition) is 1. The molecule has 0 saturated heterocycles. The summed E-state index contributed by atoms with van der Waals surface area (Å²) in [7, 11) is 0. The van der Waals surface area contributed by atoms with E-state index in [-0.39, 0.29) is 0 Å². The second-order valence-electron chi connectivity index (χ2n) is 3.63. The molecular weight excluding hydrogens is 211 g/mol. The minimum absolute atomic E-state index is 0.393. The Hall–Kier alpha value is -1.84. The first kappa shape index (κ1) is 10.7. The van der Waals surface area contributed by atoms with Crippen molar-refractivity contribution < 1.29 is 18.7 Å². The van der Waals surface area contributed by atoms with Gasteiger partial charge in [-0.15, -0.1) is 0 Å². The van der Waals surface area contributed by atoms with Crippen LogP contribution in [0.25, 0.3) is 11.0 Å². The number of benzene rings is 1. The molecule has 1 atom stereocenters. The normalized spacial score (nSPS) is 12.9. The SMILES string of the molecule is CCC(C(=O)O)c1coc2ccc(F)cc12. The molecule has 0 radical (unpaired) electrons. The zero-order valence-electron chi connectivity index (χ0n) is 8.74. The maximum atomic E-state index is 13.1. The van der Waals surface area contributed by atoms with Gasteiger partial charge in [-0.25, -0.2) is 4.39 Å². The zero-order valence-corrected chi connectivity index (χ0v) is 8.74. The first-order chi connectivity index (χ1) is 7.63. The molecule has 0 aliphatic rings. The molecule has 1 aromatic heterocycles. The fraction of sp³-hybridized carbons (Fsp3) is 0.250. The van der Waals surface area contributed by atoms with E-state index < -0.39 is 17.7 Å². The van der Waals surface area contributed by atoms with Gasteiger partial charge in [0.25, 0.3) is 0 Å². The Morgan fingerprint density at radius 3 is 2.94 bits per heavy atom. The third-order valence-corrected chi connectivity index (χ3v) is 2.65. The summed E-state index contributed by atoms with van der Waals surface area (Å²) in [6, 6.07) is 4.10. The topological polar surface area (TPSA) is 50.4 Å². The molecule has 0 saturated carbocycles. The van der Waals surface area contributed by atoms with Gasteiger partial charge in [-0.1, -0.05) is 6.92 Å². The molecule has 0 spiro atoms. The summed E-state index contributed by atoms with van der Waals surface area (Å²) in [6.45, 7) is 1.77. The number of fused-ring (bicyclic) bond motifs is 1. The van der Waals surface area contributed by atoms with Crippen molar-refractivity contribution in [3.8, 4) is 0 Å². The summed E-state index contributed by atoms with van der Waals surface area (Å²) >= 11 is 0. The molecule has 2 rings (SSSR count). The summed E-state index contributed by atoms with van der Waals surface area (Å²) in [5, 5.41) is 9.57. The van der Waals surface area contributed by atoms with Crippen molar-refractivity contribution in [2.75, 3.05) is 0 Å². The van der Waals surface area contributed by atoms with Crippen molar-refractivity contribution in [1.29, 1.82) is 0 Å². The number of carbonyl (C=O) groups is 1. The van der Waals surface area contributed by atoms with Gasteiger partial charge in [0.1, 0.15) is 11.4 Å². The van der Waals surface area contributed by atoms with Crippen molar-refractivity contribution in [3.05, 3.63) is 35.8 Å². The molecule has 4 heteroatoms. The van der Waals surface area contributed by atoms with Crippen LogP contribution in [0.15, 0.2) is 28.9 Å². The van der Waals surface area contributed by atoms with Crippen LogP contribution in [0, 0.1) is 5.82 Å². The van der Waals surface area contributed by atoms with E-state index in [2.05, 4.69) is 0 Å². The molecule has 16 heavy (non-hydrogen) atoms. The van der Waals surface area contributed by atoms with Crippen molar-refractivity contribution >= 4 is 16.9 Å². The molecule has 3 nitrogen and oxygen atoms in total. The maximum Gasteiger partial charge on any atom is 0.311 e. The minimum atomic E-state index is -0.922. The third-order valence-electron chi connectivity index (χ3n) is 2.65. The van der Waals surface area contributed by atoms with E-state index >= 15 is 0 Å². The van der Waals surface area contributed by atoms with Crippen LogP contribution in [0.3, 0.4) is 0 Å². The van der Waals surface area contributed by atoms with Gasteiger partial charge in [0, 0.05) is 10.9 Å². The highest BCUT2D eigenvalue weighted by atomic mass is 19.1. The lowest BCUT2D eigenvalue weighted by Gasteiger charge is -2.06. The first-order valence-electron chi connectivity index (χ1n) is 5.03. The fourth-order valence-corrected chi connectivity index (χ4v) is 1.82. The van der Waals surface area contributed by atoms with E-state index in [9.17, 15) is 9.18 Å². The summed E-state index contributed by atoms with van der Waals surface area (Å²) in [4.78, 5) is 11.0. The van der Waals surface area contributed by atoms with Gasteiger partial charge in [-0.3, -0.25) is 4.79 Å². The van der Waals surface area contributed by atoms with Crippen molar-refractivity contribution in [1.82, 2.24) is 0 Å². The number of rotatable bonds is 3. The predicted octanol–water partition coefficient (Wildman–Crippen LogP) is 3.15. The number of hydrogen-bond acceptors (Lipinski definition) is 2. The Bertz CT molecular complexity index is 530. The van der Waals surface area contributed by atoms with E-state index in [4.69, 9.17) is 9.52 Å². The highest BCUT2D eigenvalue weighted by Crippen LogP contribution is 2.30. The Labute approximate surface area is 91.5 Å². The number of carboxylic acids is 1. The van der Waals surface area contributed by atoms with E-state index in [1.807, 2.05) is 0 Å². The number of halogens is 1. The van der Waals surface area contributed by atoms with Crippen LogP contribution in [0.4, 0.5) is 4.39 Å².